The van der Waals surface area contributed by atoms with E-state index in [9.17, 15) is 28.3 Å². The van der Waals surface area contributed by atoms with E-state index in [-0.39, 0.29) is 29.4 Å². The maximum absolute atomic E-state index is 14.2. The molecule has 5 rings (SSSR count). The molecule has 0 saturated carbocycles. The van der Waals surface area contributed by atoms with E-state index in [0.717, 1.165) is 36.2 Å². The molecule has 0 radical (unpaired) electrons. The van der Waals surface area contributed by atoms with E-state index >= 15 is 0 Å². The molecule has 0 aliphatic carbocycles. The maximum Gasteiger partial charge on any atom is 0.279 e. The summed E-state index contributed by atoms with van der Waals surface area (Å²) in [5, 5.41) is 12.4. The number of para-hydroxylation sites is 1. The summed E-state index contributed by atoms with van der Waals surface area (Å²) in [6, 6.07) is 9.36. The summed E-state index contributed by atoms with van der Waals surface area (Å²) in [7, 11) is 0. The lowest BCUT2D eigenvalue weighted by Crippen LogP contribution is -2.46. The van der Waals surface area contributed by atoms with Gasteiger partial charge in [-0.05, 0) is 37.0 Å². The van der Waals surface area contributed by atoms with Crippen LogP contribution < -0.4 is 15.6 Å². The van der Waals surface area contributed by atoms with Gasteiger partial charge in [-0.15, -0.1) is 0 Å². The number of amides is 2. The Kier molecular flexibility index (Phi) is 5.80. The zero-order chi connectivity index (χ0) is 24.9. The van der Waals surface area contributed by atoms with Gasteiger partial charge < -0.3 is 19.9 Å². The molecule has 0 spiro atoms. The van der Waals surface area contributed by atoms with Gasteiger partial charge in [0.25, 0.3) is 11.8 Å². The van der Waals surface area contributed by atoms with Crippen LogP contribution in [0, 0.1) is 11.6 Å². The van der Waals surface area contributed by atoms with Gasteiger partial charge in [-0.2, -0.15) is 0 Å². The smallest absolute Gasteiger partial charge is 0.279 e. The van der Waals surface area contributed by atoms with Gasteiger partial charge in [-0.1, -0.05) is 35.9 Å². The van der Waals surface area contributed by atoms with Crippen LogP contribution in [0.5, 0.6) is 5.75 Å². The van der Waals surface area contributed by atoms with Crippen LogP contribution in [0.15, 0.2) is 47.4 Å². The number of carbonyl (C=O) groups excluding carboxylic acids is 2. The van der Waals surface area contributed by atoms with Crippen molar-refractivity contribution in [2.24, 2.45) is 0 Å². The maximum atomic E-state index is 14.2. The number of benzene rings is 2. The summed E-state index contributed by atoms with van der Waals surface area (Å²) in [5.41, 5.74) is 0.113. The number of halogens is 3. The molecule has 2 aliphatic heterocycles. The van der Waals surface area contributed by atoms with Gasteiger partial charge >= 0.3 is 0 Å². The van der Waals surface area contributed by atoms with Gasteiger partial charge in [-0.25, -0.2) is 8.78 Å². The fraction of sp³-hybridized carbons (Fsp3) is 0.240. The monoisotopic (exact) mass is 499 g/mol. The van der Waals surface area contributed by atoms with Gasteiger partial charge in [-0.3, -0.25) is 14.4 Å². The molecule has 2 bridgehead atoms. The van der Waals surface area contributed by atoms with Crippen LogP contribution in [0.1, 0.15) is 50.9 Å². The number of aromatic nitrogens is 1. The summed E-state index contributed by atoms with van der Waals surface area (Å²) in [6.07, 6.45) is 3.50. The standard InChI is InChI=1S/C25H20ClF2N3O4/c26-19-17(27)9-8-14(20(19)28)10-29-24(34)16-12-30-15-6-3-5-13-4-1-2-7-18(13)31(11-15)25(35)21(30)23(33)22(16)32/h1-2,4,7-9,12,15,33H,3,5-6,10-11H2,(H,29,34)/t15-/m1/s1. The molecule has 180 valence electrons. The number of hydrogen-bond donors (Lipinski definition) is 2. The van der Waals surface area contributed by atoms with Crippen LogP contribution >= 0.6 is 11.6 Å². The first-order valence-electron chi connectivity index (χ1n) is 11.1. The van der Waals surface area contributed by atoms with Crippen molar-refractivity contribution < 1.29 is 23.5 Å². The van der Waals surface area contributed by atoms with Crippen molar-refractivity contribution in [3.8, 4) is 5.75 Å². The average molecular weight is 500 g/mol. The van der Waals surface area contributed by atoms with E-state index < -0.39 is 39.6 Å². The Labute approximate surface area is 203 Å². The third kappa shape index (κ3) is 3.85. The van der Waals surface area contributed by atoms with Crippen molar-refractivity contribution in [1.82, 2.24) is 9.88 Å². The predicted molar refractivity (Wildman–Crippen MR) is 125 cm³/mol. The molecule has 0 fully saturated rings. The first-order valence-corrected chi connectivity index (χ1v) is 11.4. The molecule has 2 N–H and O–H groups in total. The predicted octanol–water partition coefficient (Wildman–Crippen LogP) is 3.95. The number of nitrogens with zero attached hydrogens (tertiary/aromatic N) is 2. The third-order valence-corrected chi connectivity index (χ3v) is 6.86. The first kappa shape index (κ1) is 23.0. The quantitative estimate of drug-likeness (QED) is 0.534. The summed E-state index contributed by atoms with van der Waals surface area (Å²) < 4.78 is 29.1. The molecule has 2 aromatic carbocycles. The molecule has 0 saturated heterocycles. The molecule has 7 nitrogen and oxygen atoms in total. The highest BCUT2D eigenvalue weighted by Crippen LogP contribution is 2.36. The van der Waals surface area contributed by atoms with Crippen LogP contribution in [0.25, 0.3) is 0 Å². The fourth-order valence-electron chi connectivity index (χ4n) is 4.72. The second-order valence-corrected chi connectivity index (χ2v) is 8.96. The normalized spacial score (nSPS) is 16.7. The van der Waals surface area contributed by atoms with Crippen molar-refractivity contribution in [1.29, 1.82) is 0 Å². The molecular formula is C25H20ClF2N3O4. The lowest BCUT2D eigenvalue weighted by atomic mass is 9.95. The van der Waals surface area contributed by atoms with Crippen LogP contribution in [-0.4, -0.2) is 28.0 Å². The van der Waals surface area contributed by atoms with Crippen molar-refractivity contribution in [3.05, 3.63) is 91.9 Å². The average Bonchev–Trinajstić information content (AvgIpc) is 2.84. The Morgan fingerprint density at radius 3 is 2.74 bits per heavy atom. The number of nitrogens with one attached hydrogen (secondary N) is 1. The highest BCUT2D eigenvalue weighted by molar-refractivity contribution is 6.31. The summed E-state index contributed by atoms with van der Waals surface area (Å²) in [4.78, 5) is 40.6. The molecule has 3 heterocycles. The third-order valence-electron chi connectivity index (χ3n) is 6.51. The Balaban J connectivity index is 1.50. The van der Waals surface area contributed by atoms with E-state index in [4.69, 9.17) is 11.6 Å². The molecule has 35 heavy (non-hydrogen) atoms. The van der Waals surface area contributed by atoms with Gasteiger partial charge in [0.1, 0.15) is 22.2 Å². The van der Waals surface area contributed by atoms with Gasteiger partial charge in [0.05, 0.1) is 6.04 Å². The van der Waals surface area contributed by atoms with E-state index in [1.807, 2.05) is 24.3 Å². The molecule has 10 heteroatoms. The van der Waals surface area contributed by atoms with Crippen molar-refractivity contribution in [2.75, 3.05) is 11.4 Å². The number of aromatic hydroxyl groups is 1. The highest BCUT2D eigenvalue weighted by atomic mass is 35.5. The number of aryl methyl sites for hydroxylation is 1. The second-order valence-electron chi connectivity index (χ2n) is 8.58. The number of anilines is 1. The lowest BCUT2D eigenvalue weighted by Gasteiger charge is -2.39. The molecule has 3 aromatic rings. The highest BCUT2D eigenvalue weighted by Gasteiger charge is 2.37. The molecule has 1 atom stereocenters. The van der Waals surface area contributed by atoms with E-state index in [1.165, 1.54) is 10.8 Å². The molecule has 2 amide bonds. The Bertz CT molecular complexity index is 1440. The number of pyridine rings is 1. The zero-order valence-corrected chi connectivity index (χ0v) is 19.1. The van der Waals surface area contributed by atoms with E-state index in [1.54, 1.807) is 4.90 Å². The molecule has 2 aliphatic rings. The van der Waals surface area contributed by atoms with E-state index in [0.29, 0.717) is 13.0 Å². The Hall–Kier alpha value is -3.72. The molecule has 1 aromatic heterocycles. The van der Waals surface area contributed by atoms with Crippen molar-refractivity contribution in [3.63, 3.8) is 0 Å². The van der Waals surface area contributed by atoms with Crippen LogP contribution in [0.2, 0.25) is 5.02 Å². The molecule has 0 unspecified atom stereocenters. The topological polar surface area (TPSA) is 91.6 Å². The number of carbonyl (C=O) groups is 2. The Morgan fingerprint density at radius 2 is 1.94 bits per heavy atom. The van der Waals surface area contributed by atoms with Gasteiger partial charge in [0.15, 0.2) is 11.4 Å². The van der Waals surface area contributed by atoms with Gasteiger partial charge in [0, 0.05) is 30.5 Å². The lowest BCUT2D eigenvalue weighted by molar-refractivity contribution is 0.0927. The Morgan fingerprint density at radius 1 is 1.17 bits per heavy atom. The van der Waals surface area contributed by atoms with Crippen LogP contribution in [-0.2, 0) is 13.0 Å². The largest absolute Gasteiger partial charge is 0.503 e. The molecular weight excluding hydrogens is 480 g/mol. The van der Waals surface area contributed by atoms with E-state index in [2.05, 4.69) is 5.32 Å². The van der Waals surface area contributed by atoms with Crippen LogP contribution in [0.3, 0.4) is 0 Å². The SMILES string of the molecule is O=C(NCc1ccc(F)c(Cl)c1F)c1cn2c(c(O)c1=O)C(=O)N1C[C@H]2CCCc2ccccc21. The van der Waals surface area contributed by atoms with Crippen molar-refractivity contribution in [2.45, 2.75) is 31.8 Å². The van der Waals surface area contributed by atoms with Gasteiger partial charge in [0.2, 0.25) is 5.43 Å². The summed E-state index contributed by atoms with van der Waals surface area (Å²) >= 11 is 5.58. The number of fused-ring (bicyclic) bond motifs is 6. The minimum atomic E-state index is -1.02. The first-order chi connectivity index (χ1) is 16.8. The second kappa shape index (κ2) is 8.81. The summed E-state index contributed by atoms with van der Waals surface area (Å²) in [6.45, 7) is -0.0367. The van der Waals surface area contributed by atoms with Crippen LogP contribution in [0.4, 0.5) is 14.5 Å². The summed E-state index contributed by atoms with van der Waals surface area (Å²) in [5.74, 6) is -4.16. The number of hydrogen-bond acceptors (Lipinski definition) is 4. The minimum Gasteiger partial charge on any atom is -0.503 e. The number of rotatable bonds is 3. The van der Waals surface area contributed by atoms with Crippen molar-refractivity contribution >= 4 is 29.1 Å². The minimum absolute atomic E-state index is 0.0727. The zero-order valence-electron chi connectivity index (χ0n) is 18.4. The fourth-order valence-corrected chi connectivity index (χ4v) is 4.90.